The second-order valence-electron chi connectivity index (χ2n) is 2.80. The van der Waals surface area contributed by atoms with E-state index in [1.165, 1.54) is 11.8 Å². The Hall–Kier alpha value is -1.47. The average molecular weight is 220 g/mol. The van der Waals surface area contributed by atoms with Crippen molar-refractivity contribution in [3.63, 3.8) is 0 Å². The number of nitriles is 1. The molecule has 0 aromatic heterocycles. The maximum atomic E-state index is 11.6. The Morgan fingerprint density at radius 1 is 1.53 bits per heavy atom. The largest absolute Gasteiger partial charge is 0.328 e. The van der Waals surface area contributed by atoms with Crippen LogP contribution in [0.15, 0.2) is 30.3 Å². The van der Waals surface area contributed by atoms with Gasteiger partial charge >= 0.3 is 0 Å². The minimum Gasteiger partial charge on any atom is -0.328 e. The second-order valence-corrected chi connectivity index (χ2v) is 4.19. The third kappa shape index (κ3) is 3.64. The molecule has 3 nitrogen and oxygen atoms in total. The molecular formula is C11H12N2OS. The first-order valence-corrected chi connectivity index (χ1v) is 5.70. The Labute approximate surface area is 93.5 Å². The number of nitrogens with zero attached hydrogens (tertiary/aromatic N) is 1. The molecule has 0 bridgehead atoms. The Morgan fingerprint density at radius 3 is 2.73 bits per heavy atom. The molecule has 1 aromatic rings. The summed E-state index contributed by atoms with van der Waals surface area (Å²) in [5.41, 5.74) is 0.578. The molecule has 0 spiro atoms. The van der Waals surface area contributed by atoms with E-state index in [4.69, 9.17) is 5.26 Å². The number of hydrogen-bond donors (Lipinski definition) is 1. The molecule has 1 atom stereocenters. The number of carbonyl (C=O) groups is 1. The number of nitrogens with one attached hydrogen (secondary N) is 1. The SMILES string of the molecule is CCSC(C#N)NC(=O)c1ccccc1. The second kappa shape index (κ2) is 6.10. The van der Waals surface area contributed by atoms with E-state index in [1.54, 1.807) is 24.3 Å². The summed E-state index contributed by atoms with van der Waals surface area (Å²) in [5.74, 6) is 0.593. The molecule has 1 amide bonds. The van der Waals surface area contributed by atoms with Gasteiger partial charge in [-0.05, 0) is 17.9 Å². The van der Waals surface area contributed by atoms with Crippen LogP contribution in [0.5, 0.6) is 0 Å². The highest BCUT2D eigenvalue weighted by Gasteiger charge is 2.11. The Morgan fingerprint density at radius 2 is 2.20 bits per heavy atom. The zero-order chi connectivity index (χ0) is 11.1. The van der Waals surface area contributed by atoms with Crippen LogP contribution in [0.1, 0.15) is 17.3 Å². The normalized spacial score (nSPS) is 11.5. The van der Waals surface area contributed by atoms with Gasteiger partial charge in [-0.25, -0.2) is 0 Å². The first-order chi connectivity index (χ1) is 7.27. The van der Waals surface area contributed by atoms with E-state index in [-0.39, 0.29) is 5.91 Å². The van der Waals surface area contributed by atoms with Gasteiger partial charge in [0.05, 0.1) is 6.07 Å². The van der Waals surface area contributed by atoms with E-state index >= 15 is 0 Å². The van der Waals surface area contributed by atoms with Crippen LogP contribution in [0.25, 0.3) is 0 Å². The number of amides is 1. The van der Waals surface area contributed by atoms with E-state index < -0.39 is 5.37 Å². The van der Waals surface area contributed by atoms with Crippen molar-refractivity contribution in [2.75, 3.05) is 5.75 Å². The summed E-state index contributed by atoms with van der Waals surface area (Å²) in [4.78, 5) is 11.6. The number of hydrogen-bond acceptors (Lipinski definition) is 3. The van der Waals surface area contributed by atoms with Crippen molar-refractivity contribution in [3.05, 3.63) is 35.9 Å². The molecule has 15 heavy (non-hydrogen) atoms. The average Bonchev–Trinajstić information content (AvgIpc) is 2.29. The first-order valence-electron chi connectivity index (χ1n) is 4.65. The number of thioether (sulfide) groups is 1. The molecule has 0 heterocycles. The summed E-state index contributed by atoms with van der Waals surface area (Å²) in [7, 11) is 0. The first kappa shape index (κ1) is 11.6. The van der Waals surface area contributed by atoms with Gasteiger partial charge < -0.3 is 5.32 Å². The lowest BCUT2D eigenvalue weighted by molar-refractivity contribution is 0.0955. The van der Waals surface area contributed by atoms with Crippen LogP contribution in [0.2, 0.25) is 0 Å². The summed E-state index contributed by atoms with van der Waals surface area (Å²) in [6.07, 6.45) is 0. The molecule has 0 saturated carbocycles. The smallest absolute Gasteiger partial charge is 0.252 e. The highest BCUT2D eigenvalue weighted by Crippen LogP contribution is 2.07. The van der Waals surface area contributed by atoms with Crippen LogP contribution in [-0.4, -0.2) is 17.0 Å². The molecule has 1 rings (SSSR count). The number of benzene rings is 1. The number of rotatable bonds is 4. The predicted octanol–water partition coefficient (Wildman–Crippen LogP) is 2.02. The molecule has 0 fully saturated rings. The highest BCUT2D eigenvalue weighted by molar-refractivity contribution is 8.00. The molecule has 1 N–H and O–H groups in total. The molecular weight excluding hydrogens is 208 g/mol. The maximum absolute atomic E-state index is 11.6. The van der Waals surface area contributed by atoms with Gasteiger partial charge in [0.2, 0.25) is 0 Å². The topological polar surface area (TPSA) is 52.9 Å². The van der Waals surface area contributed by atoms with Crippen LogP contribution in [0.4, 0.5) is 0 Å². The molecule has 0 aliphatic rings. The van der Waals surface area contributed by atoms with E-state index in [2.05, 4.69) is 5.32 Å². The lowest BCUT2D eigenvalue weighted by Gasteiger charge is -2.09. The molecule has 1 unspecified atom stereocenters. The van der Waals surface area contributed by atoms with Gasteiger partial charge in [-0.3, -0.25) is 4.79 Å². The van der Waals surface area contributed by atoms with Gasteiger partial charge in [0.1, 0.15) is 0 Å². The van der Waals surface area contributed by atoms with Gasteiger partial charge in [0.25, 0.3) is 5.91 Å². The third-order valence-electron chi connectivity index (χ3n) is 1.75. The van der Waals surface area contributed by atoms with Crippen LogP contribution >= 0.6 is 11.8 Å². The van der Waals surface area contributed by atoms with Crippen molar-refractivity contribution in [1.29, 1.82) is 5.26 Å². The summed E-state index contributed by atoms with van der Waals surface area (Å²) < 4.78 is 0. The van der Waals surface area contributed by atoms with Crippen LogP contribution in [0.3, 0.4) is 0 Å². The van der Waals surface area contributed by atoms with E-state index in [1.807, 2.05) is 19.1 Å². The molecule has 0 saturated heterocycles. The van der Waals surface area contributed by atoms with Crippen molar-refractivity contribution in [2.24, 2.45) is 0 Å². The summed E-state index contributed by atoms with van der Waals surface area (Å²) in [5, 5.41) is 10.9. The van der Waals surface area contributed by atoms with Crippen LogP contribution in [-0.2, 0) is 0 Å². The molecule has 4 heteroatoms. The summed E-state index contributed by atoms with van der Waals surface area (Å²) in [6.45, 7) is 1.95. The molecule has 0 aliphatic carbocycles. The molecule has 0 radical (unpaired) electrons. The summed E-state index contributed by atoms with van der Waals surface area (Å²) in [6, 6.07) is 10.9. The van der Waals surface area contributed by atoms with Crippen molar-refractivity contribution < 1.29 is 4.79 Å². The van der Waals surface area contributed by atoms with Gasteiger partial charge in [-0.15, -0.1) is 11.8 Å². The minimum atomic E-state index is -0.470. The van der Waals surface area contributed by atoms with Gasteiger partial charge in [0, 0.05) is 5.56 Å². The highest BCUT2D eigenvalue weighted by atomic mass is 32.2. The molecule has 1 aromatic carbocycles. The zero-order valence-electron chi connectivity index (χ0n) is 8.43. The van der Waals surface area contributed by atoms with Gasteiger partial charge in [0.15, 0.2) is 5.37 Å². The Kier molecular flexibility index (Phi) is 4.72. The quantitative estimate of drug-likeness (QED) is 0.790. The predicted molar refractivity (Wildman–Crippen MR) is 61.4 cm³/mol. The van der Waals surface area contributed by atoms with E-state index in [0.29, 0.717) is 5.56 Å². The van der Waals surface area contributed by atoms with Crippen molar-refractivity contribution in [3.8, 4) is 6.07 Å². The van der Waals surface area contributed by atoms with Crippen molar-refractivity contribution >= 4 is 17.7 Å². The van der Waals surface area contributed by atoms with Crippen molar-refractivity contribution in [1.82, 2.24) is 5.32 Å². The fraction of sp³-hybridized carbons (Fsp3) is 0.273. The fourth-order valence-electron chi connectivity index (χ4n) is 1.07. The van der Waals surface area contributed by atoms with Crippen LogP contribution in [0, 0.1) is 11.3 Å². The van der Waals surface area contributed by atoms with Gasteiger partial charge in [-0.1, -0.05) is 25.1 Å². The molecule has 78 valence electrons. The Balaban J connectivity index is 2.60. The zero-order valence-corrected chi connectivity index (χ0v) is 9.25. The lowest BCUT2D eigenvalue weighted by Crippen LogP contribution is -2.31. The maximum Gasteiger partial charge on any atom is 0.252 e. The standard InChI is InChI=1S/C11H12N2OS/c1-2-15-10(8-12)13-11(14)9-6-4-3-5-7-9/h3-7,10H,2H2,1H3,(H,13,14). The summed E-state index contributed by atoms with van der Waals surface area (Å²) >= 11 is 1.41. The Bertz CT molecular complexity index is 359. The van der Waals surface area contributed by atoms with E-state index in [0.717, 1.165) is 5.75 Å². The van der Waals surface area contributed by atoms with Crippen LogP contribution < -0.4 is 5.32 Å². The monoisotopic (exact) mass is 220 g/mol. The van der Waals surface area contributed by atoms with Gasteiger partial charge in [-0.2, -0.15) is 5.26 Å². The van der Waals surface area contributed by atoms with E-state index in [9.17, 15) is 4.79 Å². The fourth-order valence-corrected chi connectivity index (χ4v) is 1.67. The number of carbonyl (C=O) groups excluding carboxylic acids is 1. The lowest BCUT2D eigenvalue weighted by atomic mass is 10.2. The van der Waals surface area contributed by atoms with Crippen molar-refractivity contribution in [2.45, 2.75) is 12.3 Å². The minimum absolute atomic E-state index is 0.205. The molecule has 0 aliphatic heterocycles. The third-order valence-corrected chi connectivity index (χ3v) is 2.64.